The quantitative estimate of drug-likeness (QED) is 0.554. The van der Waals surface area contributed by atoms with Crippen molar-refractivity contribution in [1.82, 2.24) is 15.5 Å². The van der Waals surface area contributed by atoms with Crippen LogP contribution in [0.3, 0.4) is 0 Å². The molecule has 4 N–H and O–H groups in total. The largest absolute Gasteiger partial charge is 0.351 e. The maximum absolute atomic E-state index is 12.1. The molecule has 0 aliphatic heterocycles. The van der Waals surface area contributed by atoms with Gasteiger partial charge in [0.15, 0.2) is 5.82 Å². The first-order chi connectivity index (χ1) is 9.60. The fraction of sp³-hybridized carbons (Fsp3) is 0.308. The summed E-state index contributed by atoms with van der Waals surface area (Å²) in [6, 6.07) is 5.41. The monoisotopic (exact) mass is 275 g/mol. The highest BCUT2D eigenvalue weighted by molar-refractivity contribution is 5.99. The van der Waals surface area contributed by atoms with E-state index in [1.165, 1.54) is 0 Å². The van der Waals surface area contributed by atoms with Gasteiger partial charge in [-0.05, 0) is 31.5 Å². The van der Waals surface area contributed by atoms with Gasteiger partial charge in [0.05, 0.1) is 11.3 Å². The summed E-state index contributed by atoms with van der Waals surface area (Å²) in [6.07, 6.45) is 0.490. The number of aromatic nitrogens is 2. The fourth-order valence-electron chi connectivity index (χ4n) is 1.80. The third-order valence-corrected chi connectivity index (χ3v) is 2.77. The van der Waals surface area contributed by atoms with Crippen LogP contribution in [-0.2, 0) is 6.42 Å². The molecule has 0 unspecified atom stereocenters. The van der Waals surface area contributed by atoms with Gasteiger partial charge in [-0.15, -0.1) is 0 Å². The van der Waals surface area contributed by atoms with Gasteiger partial charge in [-0.3, -0.25) is 10.6 Å². The van der Waals surface area contributed by atoms with E-state index >= 15 is 0 Å². The Kier molecular flexibility index (Phi) is 4.31. The average Bonchev–Trinajstić information content (AvgIpc) is 2.84. The summed E-state index contributed by atoms with van der Waals surface area (Å²) in [6.45, 7) is 4.09. The van der Waals surface area contributed by atoms with Gasteiger partial charge in [-0.2, -0.15) is 4.98 Å². The van der Waals surface area contributed by atoms with Crippen molar-refractivity contribution in [2.45, 2.75) is 20.3 Å². The van der Waals surface area contributed by atoms with E-state index in [1.807, 2.05) is 19.1 Å². The van der Waals surface area contributed by atoms with Crippen LogP contribution in [0.2, 0.25) is 0 Å². The normalized spacial score (nSPS) is 10.3. The number of amides is 1. The third kappa shape index (κ3) is 3.33. The Labute approximate surface area is 116 Å². The maximum Gasteiger partial charge on any atom is 0.253 e. The molecule has 2 aromatic rings. The SMILES string of the molecule is Cc1ccc(C(=O)NCCc2nc(C)no2)c(NN)c1. The fourth-order valence-corrected chi connectivity index (χ4v) is 1.80. The smallest absolute Gasteiger partial charge is 0.253 e. The molecule has 1 aromatic carbocycles. The van der Waals surface area contributed by atoms with Crippen molar-refractivity contribution < 1.29 is 9.32 Å². The lowest BCUT2D eigenvalue weighted by molar-refractivity contribution is 0.0954. The highest BCUT2D eigenvalue weighted by atomic mass is 16.5. The second-order valence-electron chi connectivity index (χ2n) is 4.43. The van der Waals surface area contributed by atoms with Crippen LogP contribution in [0, 0.1) is 13.8 Å². The van der Waals surface area contributed by atoms with Gasteiger partial charge in [0.25, 0.3) is 5.91 Å². The molecule has 106 valence electrons. The number of hydrogen-bond donors (Lipinski definition) is 3. The molecule has 1 aromatic heterocycles. The van der Waals surface area contributed by atoms with Crippen molar-refractivity contribution >= 4 is 11.6 Å². The minimum absolute atomic E-state index is 0.200. The summed E-state index contributed by atoms with van der Waals surface area (Å²) in [7, 11) is 0. The van der Waals surface area contributed by atoms with Gasteiger partial charge in [-0.1, -0.05) is 11.2 Å². The van der Waals surface area contributed by atoms with E-state index in [1.54, 1.807) is 13.0 Å². The number of carbonyl (C=O) groups is 1. The Morgan fingerprint density at radius 2 is 2.20 bits per heavy atom. The molecule has 0 atom stereocenters. The number of nitrogen functional groups attached to an aromatic ring is 1. The molecule has 0 spiro atoms. The van der Waals surface area contributed by atoms with Crippen molar-refractivity contribution in [3.05, 3.63) is 41.0 Å². The molecule has 7 heteroatoms. The summed E-state index contributed by atoms with van der Waals surface area (Å²) < 4.78 is 4.97. The van der Waals surface area contributed by atoms with E-state index in [0.717, 1.165) is 5.56 Å². The lowest BCUT2D eigenvalue weighted by Crippen LogP contribution is -2.27. The zero-order valence-electron chi connectivity index (χ0n) is 11.4. The van der Waals surface area contributed by atoms with Gasteiger partial charge < -0.3 is 15.3 Å². The third-order valence-electron chi connectivity index (χ3n) is 2.77. The highest BCUT2D eigenvalue weighted by Gasteiger charge is 2.11. The first kappa shape index (κ1) is 14.0. The van der Waals surface area contributed by atoms with Crippen molar-refractivity contribution in [2.75, 3.05) is 12.0 Å². The summed E-state index contributed by atoms with van der Waals surface area (Å²) >= 11 is 0. The zero-order chi connectivity index (χ0) is 14.5. The molecule has 0 aliphatic carbocycles. The lowest BCUT2D eigenvalue weighted by Gasteiger charge is -2.09. The number of hydrazine groups is 1. The Morgan fingerprint density at radius 3 is 2.85 bits per heavy atom. The molecule has 1 amide bonds. The van der Waals surface area contributed by atoms with Crippen LogP contribution in [-0.4, -0.2) is 22.6 Å². The Hall–Kier alpha value is -2.41. The Morgan fingerprint density at radius 1 is 1.40 bits per heavy atom. The number of carbonyl (C=O) groups excluding carboxylic acids is 1. The molecular formula is C13H17N5O2. The van der Waals surface area contributed by atoms with E-state index < -0.39 is 0 Å². The van der Waals surface area contributed by atoms with Crippen LogP contribution in [0.1, 0.15) is 27.6 Å². The molecule has 20 heavy (non-hydrogen) atoms. The standard InChI is InChI=1S/C13H17N5O2/c1-8-3-4-10(11(7-8)17-14)13(19)15-6-5-12-16-9(2)18-20-12/h3-4,7,17H,5-6,14H2,1-2H3,(H,15,19). The van der Waals surface area contributed by atoms with E-state index in [4.69, 9.17) is 10.4 Å². The molecule has 7 nitrogen and oxygen atoms in total. The molecule has 0 aliphatic rings. The molecular weight excluding hydrogens is 258 g/mol. The summed E-state index contributed by atoms with van der Waals surface area (Å²) in [5.74, 6) is 6.30. The highest BCUT2D eigenvalue weighted by Crippen LogP contribution is 2.16. The van der Waals surface area contributed by atoms with Gasteiger partial charge in [0.1, 0.15) is 0 Å². The molecule has 0 bridgehead atoms. The minimum Gasteiger partial charge on any atom is -0.351 e. The van der Waals surface area contributed by atoms with E-state index in [0.29, 0.717) is 35.9 Å². The number of nitrogens with two attached hydrogens (primary N) is 1. The van der Waals surface area contributed by atoms with E-state index in [-0.39, 0.29) is 5.91 Å². The lowest BCUT2D eigenvalue weighted by atomic mass is 10.1. The first-order valence-corrected chi connectivity index (χ1v) is 6.25. The molecule has 0 saturated carbocycles. The zero-order valence-corrected chi connectivity index (χ0v) is 11.4. The van der Waals surface area contributed by atoms with Crippen LogP contribution in [0.15, 0.2) is 22.7 Å². The predicted octanol–water partition coefficient (Wildman–Crippen LogP) is 0.945. The van der Waals surface area contributed by atoms with Crippen molar-refractivity contribution in [2.24, 2.45) is 5.84 Å². The van der Waals surface area contributed by atoms with Gasteiger partial charge in [0, 0.05) is 13.0 Å². The van der Waals surface area contributed by atoms with Gasteiger partial charge in [0.2, 0.25) is 5.89 Å². The number of benzene rings is 1. The molecule has 0 saturated heterocycles. The van der Waals surface area contributed by atoms with Crippen molar-refractivity contribution in [3.63, 3.8) is 0 Å². The molecule has 2 rings (SSSR count). The maximum atomic E-state index is 12.1. The van der Waals surface area contributed by atoms with Crippen LogP contribution >= 0.6 is 0 Å². The minimum atomic E-state index is -0.200. The number of hydrogen-bond acceptors (Lipinski definition) is 6. The summed E-state index contributed by atoms with van der Waals surface area (Å²) in [4.78, 5) is 16.1. The second-order valence-corrected chi connectivity index (χ2v) is 4.43. The van der Waals surface area contributed by atoms with Crippen molar-refractivity contribution in [1.29, 1.82) is 0 Å². The number of aryl methyl sites for hydroxylation is 2. The number of nitrogens with one attached hydrogen (secondary N) is 2. The molecule has 1 heterocycles. The topological polar surface area (TPSA) is 106 Å². The summed E-state index contributed by atoms with van der Waals surface area (Å²) in [5, 5.41) is 6.47. The van der Waals surface area contributed by atoms with Gasteiger partial charge >= 0.3 is 0 Å². The summed E-state index contributed by atoms with van der Waals surface area (Å²) in [5.41, 5.74) is 4.64. The van der Waals surface area contributed by atoms with E-state index in [2.05, 4.69) is 20.9 Å². The number of nitrogens with zero attached hydrogens (tertiary/aromatic N) is 2. The van der Waals surface area contributed by atoms with Crippen LogP contribution in [0.4, 0.5) is 5.69 Å². The van der Waals surface area contributed by atoms with Crippen LogP contribution < -0.4 is 16.6 Å². The van der Waals surface area contributed by atoms with Crippen LogP contribution in [0.25, 0.3) is 0 Å². The van der Waals surface area contributed by atoms with Crippen LogP contribution in [0.5, 0.6) is 0 Å². The Bertz CT molecular complexity index is 609. The number of rotatable bonds is 5. The Balaban J connectivity index is 1.95. The van der Waals surface area contributed by atoms with Gasteiger partial charge in [-0.25, -0.2) is 0 Å². The number of anilines is 1. The van der Waals surface area contributed by atoms with E-state index in [9.17, 15) is 4.79 Å². The average molecular weight is 275 g/mol. The predicted molar refractivity (Wildman–Crippen MR) is 74.1 cm³/mol. The second kappa shape index (κ2) is 6.16. The van der Waals surface area contributed by atoms with Crippen molar-refractivity contribution in [3.8, 4) is 0 Å². The molecule has 0 fully saturated rings. The first-order valence-electron chi connectivity index (χ1n) is 6.25. The molecule has 0 radical (unpaired) electrons.